The van der Waals surface area contributed by atoms with Crippen molar-refractivity contribution in [3.63, 3.8) is 0 Å². The highest BCUT2D eigenvalue weighted by Gasteiger charge is 2.16. The summed E-state index contributed by atoms with van der Waals surface area (Å²) in [5, 5.41) is 2.82. The van der Waals surface area contributed by atoms with Crippen molar-refractivity contribution in [3.05, 3.63) is 59.7 Å². The lowest BCUT2D eigenvalue weighted by Gasteiger charge is -2.07. The van der Waals surface area contributed by atoms with Crippen molar-refractivity contribution in [2.45, 2.75) is 19.3 Å². The van der Waals surface area contributed by atoms with Gasteiger partial charge >= 0.3 is 6.43 Å². The largest absolute Gasteiger partial charge is 0.354 e. The highest BCUT2D eigenvalue weighted by Crippen LogP contribution is 2.32. The minimum atomic E-state index is -3.05. The number of nitrogens with one attached hydrogen (secondary N) is 2. The topological polar surface area (TPSA) is 44.9 Å². The standard InChI is InChI=1S/C19H16F4N2O/c20-12-5-3-11(4-6-12)17-14(2-1-9-24-19(26)18(22)23)15-10-13(21)7-8-16(15)25-17/h3-8,10,18,25H,1-2,9H2,(H,24,26). The molecule has 0 fully saturated rings. The number of aromatic nitrogens is 1. The molecule has 7 heteroatoms. The smallest absolute Gasteiger partial charge is 0.315 e. The number of aromatic amines is 1. The van der Waals surface area contributed by atoms with E-state index in [0.29, 0.717) is 23.9 Å². The Morgan fingerprint density at radius 3 is 2.42 bits per heavy atom. The number of hydrogen-bond donors (Lipinski definition) is 2. The number of rotatable bonds is 6. The van der Waals surface area contributed by atoms with E-state index in [1.54, 1.807) is 18.2 Å². The number of amides is 1. The molecule has 0 atom stereocenters. The van der Waals surface area contributed by atoms with E-state index in [1.807, 2.05) is 0 Å². The molecule has 26 heavy (non-hydrogen) atoms. The van der Waals surface area contributed by atoms with E-state index in [0.717, 1.165) is 16.6 Å². The molecule has 0 spiro atoms. The maximum absolute atomic E-state index is 13.7. The summed E-state index contributed by atoms with van der Waals surface area (Å²) in [6, 6.07) is 10.2. The fraction of sp³-hybridized carbons (Fsp3) is 0.211. The second-order valence-corrected chi connectivity index (χ2v) is 5.87. The van der Waals surface area contributed by atoms with Crippen LogP contribution in [0.5, 0.6) is 0 Å². The number of hydrogen-bond acceptors (Lipinski definition) is 1. The molecular formula is C19H16F4N2O. The van der Waals surface area contributed by atoms with Crippen LogP contribution in [0.15, 0.2) is 42.5 Å². The van der Waals surface area contributed by atoms with Crippen LogP contribution in [0.4, 0.5) is 17.6 Å². The minimum Gasteiger partial charge on any atom is -0.354 e. The molecule has 2 N–H and O–H groups in total. The number of carbonyl (C=O) groups excluding carboxylic acids is 1. The van der Waals surface area contributed by atoms with E-state index in [-0.39, 0.29) is 12.4 Å². The van der Waals surface area contributed by atoms with Gasteiger partial charge in [-0.2, -0.15) is 8.78 Å². The summed E-state index contributed by atoms with van der Waals surface area (Å²) < 4.78 is 51.3. The van der Waals surface area contributed by atoms with Crippen molar-refractivity contribution in [1.29, 1.82) is 0 Å². The molecule has 0 unspecified atom stereocenters. The average molecular weight is 364 g/mol. The molecule has 1 heterocycles. The van der Waals surface area contributed by atoms with Gasteiger partial charge in [-0.05, 0) is 66.4 Å². The van der Waals surface area contributed by atoms with E-state index in [4.69, 9.17) is 0 Å². The molecule has 0 saturated carbocycles. The highest BCUT2D eigenvalue weighted by molar-refractivity contribution is 5.90. The Kier molecular flexibility index (Phi) is 5.25. The first-order valence-electron chi connectivity index (χ1n) is 8.07. The van der Waals surface area contributed by atoms with Crippen molar-refractivity contribution >= 4 is 16.8 Å². The van der Waals surface area contributed by atoms with Crippen LogP contribution in [0, 0.1) is 11.6 Å². The molecule has 2 aromatic carbocycles. The molecule has 1 aromatic heterocycles. The molecular weight excluding hydrogens is 348 g/mol. The maximum Gasteiger partial charge on any atom is 0.315 e. The van der Waals surface area contributed by atoms with Crippen LogP contribution < -0.4 is 5.32 Å². The Morgan fingerprint density at radius 2 is 1.73 bits per heavy atom. The highest BCUT2D eigenvalue weighted by atomic mass is 19.3. The molecule has 136 valence electrons. The normalized spacial score (nSPS) is 11.3. The van der Waals surface area contributed by atoms with Gasteiger partial charge in [0, 0.05) is 23.1 Å². The van der Waals surface area contributed by atoms with Crippen molar-refractivity contribution in [2.75, 3.05) is 6.54 Å². The van der Waals surface area contributed by atoms with E-state index >= 15 is 0 Å². The van der Waals surface area contributed by atoms with Crippen LogP contribution in [0.25, 0.3) is 22.2 Å². The van der Waals surface area contributed by atoms with Crippen molar-refractivity contribution in [1.82, 2.24) is 10.3 Å². The van der Waals surface area contributed by atoms with Gasteiger partial charge in [-0.1, -0.05) is 0 Å². The molecule has 1 amide bonds. The Labute approximate surface area is 147 Å². The van der Waals surface area contributed by atoms with Crippen molar-refractivity contribution in [3.8, 4) is 11.3 Å². The predicted octanol–water partition coefficient (Wildman–Crippen LogP) is 4.43. The zero-order valence-electron chi connectivity index (χ0n) is 13.7. The van der Waals surface area contributed by atoms with Gasteiger partial charge in [-0.3, -0.25) is 4.79 Å². The number of H-pyrrole nitrogens is 1. The van der Waals surface area contributed by atoms with Crippen LogP contribution in [0.2, 0.25) is 0 Å². The summed E-state index contributed by atoms with van der Waals surface area (Å²) in [4.78, 5) is 14.1. The summed E-state index contributed by atoms with van der Waals surface area (Å²) in [5.41, 5.74) is 2.95. The Morgan fingerprint density at radius 1 is 1.04 bits per heavy atom. The van der Waals surface area contributed by atoms with Crippen LogP contribution in [-0.4, -0.2) is 23.9 Å². The molecule has 0 aliphatic rings. The molecule has 0 saturated heterocycles. The van der Waals surface area contributed by atoms with E-state index in [9.17, 15) is 22.4 Å². The SMILES string of the molecule is O=C(NCCCc1c(-c2ccc(F)cc2)[nH]c2ccc(F)cc12)C(F)F. The maximum atomic E-state index is 13.7. The van der Waals surface area contributed by atoms with E-state index in [1.165, 1.54) is 24.3 Å². The first kappa shape index (κ1) is 18.0. The summed E-state index contributed by atoms with van der Waals surface area (Å²) >= 11 is 0. The molecule has 0 aliphatic heterocycles. The zero-order chi connectivity index (χ0) is 18.7. The predicted molar refractivity (Wildman–Crippen MR) is 91.0 cm³/mol. The molecule has 3 nitrogen and oxygen atoms in total. The molecule has 0 bridgehead atoms. The third kappa shape index (κ3) is 3.87. The Hall–Kier alpha value is -2.83. The van der Waals surface area contributed by atoms with Crippen molar-refractivity contribution < 1.29 is 22.4 Å². The number of alkyl halides is 2. The number of benzene rings is 2. The zero-order valence-corrected chi connectivity index (χ0v) is 13.7. The lowest BCUT2D eigenvalue weighted by Crippen LogP contribution is -2.30. The number of fused-ring (bicyclic) bond motifs is 1. The summed E-state index contributed by atoms with van der Waals surface area (Å²) in [5.74, 6) is -2.07. The third-order valence-corrected chi connectivity index (χ3v) is 4.10. The fourth-order valence-electron chi connectivity index (χ4n) is 2.90. The number of aryl methyl sites for hydroxylation is 1. The minimum absolute atomic E-state index is 0.0774. The van der Waals surface area contributed by atoms with Crippen LogP contribution >= 0.6 is 0 Å². The van der Waals surface area contributed by atoms with Gasteiger partial charge in [0.1, 0.15) is 11.6 Å². The van der Waals surface area contributed by atoms with Crippen molar-refractivity contribution in [2.24, 2.45) is 0 Å². The van der Waals surface area contributed by atoms with Gasteiger partial charge in [0.2, 0.25) is 0 Å². The molecule has 0 radical (unpaired) electrons. The lowest BCUT2D eigenvalue weighted by molar-refractivity contribution is -0.131. The monoisotopic (exact) mass is 364 g/mol. The van der Waals surface area contributed by atoms with Gasteiger partial charge in [0.25, 0.3) is 5.91 Å². The summed E-state index contributed by atoms with van der Waals surface area (Å²) in [6.07, 6.45) is -2.22. The van der Waals surface area contributed by atoms with Crippen LogP contribution in [0.3, 0.4) is 0 Å². The van der Waals surface area contributed by atoms with Gasteiger partial charge in [0.15, 0.2) is 0 Å². The van der Waals surface area contributed by atoms with E-state index in [2.05, 4.69) is 10.3 Å². The number of carbonyl (C=O) groups is 1. The second-order valence-electron chi connectivity index (χ2n) is 5.87. The van der Waals surface area contributed by atoms with Gasteiger partial charge in [-0.15, -0.1) is 0 Å². The fourth-order valence-corrected chi connectivity index (χ4v) is 2.90. The first-order chi connectivity index (χ1) is 12.5. The Balaban J connectivity index is 1.88. The van der Waals surface area contributed by atoms with Gasteiger partial charge < -0.3 is 10.3 Å². The summed E-state index contributed by atoms with van der Waals surface area (Å²) in [6.45, 7) is 0.0774. The first-order valence-corrected chi connectivity index (χ1v) is 8.07. The van der Waals surface area contributed by atoms with Crippen LogP contribution in [0.1, 0.15) is 12.0 Å². The van der Waals surface area contributed by atoms with Crippen LogP contribution in [-0.2, 0) is 11.2 Å². The quantitative estimate of drug-likeness (QED) is 0.493. The van der Waals surface area contributed by atoms with Gasteiger partial charge in [0.05, 0.1) is 0 Å². The molecule has 3 aromatic rings. The lowest BCUT2D eigenvalue weighted by atomic mass is 10.0. The van der Waals surface area contributed by atoms with Gasteiger partial charge in [-0.25, -0.2) is 8.78 Å². The summed E-state index contributed by atoms with van der Waals surface area (Å²) in [7, 11) is 0. The third-order valence-electron chi connectivity index (χ3n) is 4.10. The second kappa shape index (κ2) is 7.59. The molecule has 0 aliphatic carbocycles. The number of halogens is 4. The Bertz CT molecular complexity index is 919. The van der Waals surface area contributed by atoms with E-state index < -0.39 is 18.1 Å². The average Bonchev–Trinajstić information content (AvgIpc) is 2.97. The molecule has 3 rings (SSSR count).